The Kier molecular flexibility index (Phi) is 8.05. The van der Waals surface area contributed by atoms with Crippen molar-refractivity contribution in [3.05, 3.63) is 142 Å². The van der Waals surface area contributed by atoms with Crippen LogP contribution in [0.25, 0.3) is 0 Å². The van der Waals surface area contributed by atoms with Crippen molar-refractivity contribution in [3.8, 4) is 0 Å². The Morgan fingerprint density at radius 3 is 1.89 bits per heavy atom. The molecule has 1 fully saturated rings. The van der Waals surface area contributed by atoms with Crippen molar-refractivity contribution in [2.75, 3.05) is 6.61 Å². The van der Waals surface area contributed by atoms with Gasteiger partial charge in [-0.1, -0.05) is 103 Å². The molecule has 0 spiro atoms. The van der Waals surface area contributed by atoms with Gasteiger partial charge in [-0.3, -0.25) is 0 Å². The predicted molar refractivity (Wildman–Crippen MR) is 143 cm³/mol. The number of hydrogen-bond acceptors (Lipinski definition) is 2. The molecule has 5 rings (SSSR count). The highest BCUT2D eigenvalue weighted by molar-refractivity contribution is 5.40. The molecule has 0 N–H and O–H groups in total. The van der Waals surface area contributed by atoms with Crippen molar-refractivity contribution in [3.63, 3.8) is 0 Å². The third-order valence-electron chi connectivity index (χ3n) is 6.82. The summed E-state index contributed by atoms with van der Waals surface area (Å²) in [5.74, 6) is 0. The summed E-state index contributed by atoms with van der Waals surface area (Å²) in [6, 6.07) is 37.2. The number of ether oxygens (including phenoxy) is 2. The van der Waals surface area contributed by atoms with Crippen LogP contribution in [0.3, 0.4) is 0 Å². The van der Waals surface area contributed by atoms with E-state index in [0.29, 0.717) is 6.61 Å². The quantitative estimate of drug-likeness (QED) is 0.256. The summed E-state index contributed by atoms with van der Waals surface area (Å²) in [4.78, 5) is 0. The molecule has 1 unspecified atom stereocenters. The molecule has 0 aromatic heterocycles. The first-order valence-corrected chi connectivity index (χ1v) is 12.8. The topological polar surface area (TPSA) is 18.5 Å². The van der Waals surface area contributed by atoms with Gasteiger partial charge in [0, 0.05) is 6.61 Å². The highest BCUT2D eigenvalue weighted by Gasteiger charge is 2.15. The van der Waals surface area contributed by atoms with Crippen molar-refractivity contribution in [2.24, 2.45) is 0 Å². The van der Waals surface area contributed by atoms with Crippen LogP contribution in [-0.2, 0) is 35.3 Å². The maximum atomic E-state index is 6.11. The third-order valence-corrected chi connectivity index (χ3v) is 6.82. The van der Waals surface area contributed by atoms with Gasteiger partial charge in [0.25, 0.3) is 0 Å². The molecule has 35 heavy (non-hydrogen) atoms. The molecule has 1 atom stereocenters. The minimum Gasteiger partial charge on any atom is -0.353 e. The lowest BCUT2D eigenvalue weighted by atomic mass is 9.92. The summed E-state index contributed by atoms with van der Waals surface area (Å²) < 4.78 is 11.9. The van der Waals surface area contributed by atoms with Crippen molar-refractivity contribution in [1.29, 1.82) is 0 Å². The lowest BCUT2D eigenvalue weighted by Crippen LogP contribution is -2.22. The van der Waals surface area contributed by atoms with E-state index in [1.807, 2.05) is 0 Å². The van der Waals surface area contributed by atoms with Crippen molar-refractivity contribution < 1.29 is 9.47 Å². The van der Waals surface area contributed by atoms with Crippen LogP contribution in [0.2, 0.25) is 0 Å². The fourth-order valence-electron chi connectivity index (χ4n) is 4.90. The molecule has 1 saturated heterocycles. The molecule has 0 bridgehead atoms. The zero-order valence-corrected chi connectivity index (χ0v) is 20.4. The van der Waals surface area contributed by atoms with E-state index in [4.69, 9.17) is 9.47 Å². The SMILES string of the molecule is c1ccc(Cc2cccc(Cc3ccccc3Cc3ccccc3COC3CCCCO3)c2)cc1. The van der Waals surface area contributed by atoms with E-state index in [1.54, 1.807) is 0 Å². The predicted octanol–water partition coefficient (Wildman–Crippen LogP) is 7.50. The smallest absolute Gasteiger partial charge is 0.158 e. The molecule has 1 heterocycles. The molecule has 4 aromatic rings. The maximum absolute atomic E-state index is 6.11. The van der Waals surface area contributed by atoms with E-state index in [9.17, 15) is 0 Å². The van der Waals surface area contributed by atoms with Crippen LogP contribution < -0.4 is 0 Å². The summed E-state index contributed by atoms with van der Waals surface area (Å²) in [6.07, 6.45) is 6.07. The lowest BCUT2D eigenvalue weighted by molar-refractivity contribution is -0.169. The molecule has 2 nitrogen and oxygen atoms in total. The molecular formula is C33H34O2. The van der Waals surface area contributed by atoms with Crippen LogP contribution in [0, 0.1) is 0 Å². The monoisotopic (exact) mass is 462 g/mol. The third kappa shape index (κ3) is 6.69. The second kappa shape index (κ2) is 12.0. The van der Waals surface area contributed by atoms with Crippen molar-refractivity contribution in [2.45, 2.75) is 51.4 Å². The minimum absolute atomic E-state index is 0.0627. The van der Waals surface area contributed by atoms with Crippen LogP contribution in [0.4, 0.5) is 0 Å². The first kappa shape index (κ1) is 23.5. The van der Waals surface area contributed by atoms with E-state index in [2.05, 4.69) is 103 Å². The zero-order valence-electron chi connectivity index (χ0n) is 20.4. The molecule has 2 heteroatoms. The van der Waals surface area contributed by atoms with Gasteiger partial charge >= 0.3 is 0 Å². The van der Waals surface area contributed by atoms with Gasteiger partial charge in [-0.2, -0.15) is 0 Å². The van der Waals surface area contributed by atoms with Gasteiger partial charge in [-0.15, -0.1) is 0 Å². The first-order valence-electron chi connectivity index (χ1n) is 12.8. The van der Waals surface area contributed by atoms with Crippen LogP contribution in [0.15, 0.2) is 103 Å². The highest BCUT2D eigenvalue weighted by atomic mass is 16.7. The van der Waals surface area contributed by atoms with E-state index in [1.165, 1.54) is 45.4 Å². The van der Waals surface area contributed by atoms with Gasteiger partial charge in [0.2, 0.25) is 0 Å². The Labute approximate surface area is 209 Å². The highest BCUT2D eigenvalue weighted by Crippen LogP contribution is 2.23. The Bertz CT molecular complexity index is 1210. The van der Waals surface area contributed by atoms with E-state index in [-0.39, 0.29) is 6.29 Å². The van der Waals surface area contributed by atoms with Crippen molar-refractivity contribution >= 4 is 0 Å². The standard InChI is InChI=1S/C33H34O2/c1-2-11-26(12-3-1)21-27-13-10-14-28(22-27)23-29-15-4-5-16-30(29)24-31-17-6-7-18-32(31)25-35-33-19-8-9-20-34-33/h1-7,10-18,22,33H,8-9,19-21,23-25H2. The van der Waals surface area contributed by atoms with Gasteiger partial charge in [-0.25, -0.2) is 0 Å². The second-order valence-corrected chi connectivity index (χ2v) is 9.48. The fourth-order valence-corrected chi connectivity index (χ4v) is 4.90. The largest absolute Gasteiger partial charge is 0.353 e. The molecule has 0 amide bonds. The second-order valence-electron chi connectivity index (χ2n) is 9.48. The summed E-state index contributed by atoms with van der Waals surface area (Å²) >= 11 is 0. The summed E-state index contributed by atoms with van der Waals surface area (Å²) in [5.41, 5.74) is 9.41. The number of rotatable bonds is 9. The Balaban J connectivity index is 1.29. The molecule has 0 radical (unpaired) electrons. The van der Waals surface area contributed by atoms with Crippen LogP contribution in [0.5, 0.6) is 0 Å². The minimum atomic E-state index is -0.0627. The first-order chi connectivity index (χ1) is 17.3. The summed E-state index contributed by atoms with van der Waals surface area (Å²) in [5, 5.41) is 0. The molecule has 0 aliphatic carbocycles. The summed E-state index contributed by atoms with van der Waals surface area (Å²) in [6.45, 7) is 1.41. The van der Waals surface area contributed by atoms with Crippen LogP contribution >= 0.6 is 0 Å². The Morgan fingerprint density at radius 2 is 1.17 bits per heavy atom. The van der Waals surface area contributed by atoms with E-state index in [0.717, 1.165) is 38.7 Å². The zero-order chi connectivity index (χ0) is 23.7. The van der Waals surface area contributed by atoms with Gasteiger partial charge in [0.05, 0.1) is 6.61 Å². The number of benzene rings is 4. The normalized spacial score (nSPS) is 15.7. The van der Waals surface area contributed by atoms with Gasteiger partial charge < -0.3 is 9.47 Å². The maximum Gasteiger partial charge on any atom is 0.158 e. The summed E-state index contributed by atoms with van der Waals surface area (Å²) in [7, 11) is 0. The Hall–Kier alpha value is -3.20. The average molecular weight is 463 g/mol. The molecule has 0 saturated carbocycles. The molecular weight excluding hydrogens is 428 g/mol. The lowest BCUT2D eigenvalue weighted by Gasteiger charge is -2.23. The number of hydrogen-bond donors (Lipinski definition) is 0. The van der Waals surface area contributed by atoms with Gasteiger partial charge in [-0.05, 0) is 77.5 Å². The molecule has 178 valence electrons. The molecule has 1 aliphatic heterocycles. The van der Waals surface area contributed by atoms with E-state index >= 15 is 0 Å². The van der Waals surface area contributed by atoms with Gasteiger partial charge in [0.15, 0.2) is 6.29 Å². The van der Waals surface area contributed by atoms with Crippen LogP contribution in [0.1, 0.15) is 58.2 Å². The van der Waals surface area contributed by atoms with Gasteiger partial charge in [0.1, 0.15) is 0 Å². The molecule has 4 aromatic carbocycles. The van der Waals surface area contributed by atoms with Crippen LogP contribution in [-0.4, -0.2) is 12.9 Å². The van der Waals surface area contributed by atoms with Crippen molar-refractivity contribution in [1.82, 2.24) is 0 Å². The average Bonchev–Trinajstić information content (AvgIpc) is 2.91. The van der Waals surface area contributed by atoms with E-state index < -0.39 is 0 Å². The fraction of sp³-hybridized carbons (Fsp3) is 0.273. The molecule has 1 aliphatic rings. The Morgan fingerprint density at radius 1 is 0.571 bits per heavy atom.